The van der Waals surface area contributed by atoms with Gasteiger partial charge in [-0.25, -0.2) is 0 Å². The Morgan fingerprint density at radius 3 is 1.42 bits per heavy atom. The first kappa shape index (κ1) is 31.3. The number of hydrogen-bond acceptors (Lipinski definition) is 5. The minimum Gasteiger partial charge on any atom is -0.497 e. The molecule has 0 amide bonds. The smallest absolute Gasteiger partial charge is 0.160 e. The zero-order valence-electron chi connectivity index (χ0n) is 23.7. The van der Waals surface area contributed by atoms with Gasteiger partial charge in [-0.2, -0.15) is 0 Å². The molecule has 0 aliphatic carbocycles. The van der Waals surface area contributed by atoms with Gasteiger partial charge >= 0.3 is 0 Å². The van der Waals surface area contributed by atoms with Gasteiger partial charge in [0.2, 0.25) is 0 Å². The van der Waals surface area contributed by atoms with Crippen LogP contribution in [-0.2, 0) is 19.3 Å². The number of nitrogens with zero attached hydrogens (tertiary/aromatic N) is 1. The molecule has 0 aromatic heterocycles. The lowest BCUT2D eigenvalue weighted by Crippen LogP contribution is -2.42. The lowest BCUT2D eigenvalue weighted by molar-refractivity contribution is 0.141. The molecule has 2 unspecified atom stereocenters. The lowest BCUT2D eigenvalue weighted by Gasteiger charge is -2.35. The van der Waals surface area contributed by atoms with Crippen molar-refractivity contribution >= 4 is 12.4 Å². The van der Waals surface area contributed by atoms with Crippen LogP contribution in [0.1, 0.15) is 43.4 Å². The largest absolute Gasteiger partial charge is 0.497 e. The summed E-state index contributed by atoms with van der Waals surface area (Å²) < 4.78 is 21.6. The summed E-state index contributed by atoms with van der Waals surface area (Å²) in [6, 6.07) is 24.0. The van der Waals surface area contributed by atoms with Crippen LogP contribution in [-0.4, -0.2) is 52.0 Å². The molecule has 0 spiro atoms. The maximum absolute atomic E-state index is 5.53. The van der Waals surface area contributed by atoms with Gasteiger partial charge in [-0.15, -0.1) is 12.4 Å². The van der Waals surface area contributed by atoms with Gasteiger partial charge in [0.15, 0.2) is 11.5 Å². The number of rotatable bonds is 15. The van der Waals surface area contributed by atoms with Gasteiger partial charge in [-0.3, -0.25) is 4.90 Å². The third-order valence-electron chi connectivity index (χ3n) is 7.26. The van der Waals surface area contributed by atoms with E-state index < -0.39 is 0 Å². The molecule has 6 heteroatoms. The summed E-state index contributed by atoms with van der Waals surface area (Å²) in [4.78, 5) is 2.67. The molecular weight excluding hydrogens is 498 g/mol. The van der Waals surface area contributed by atoms with Crippen LogP contribution < -0.4 is 18.9 Å². The molecule has 0 bridgehead atoms. The second-order valence-electron chi connectivity index (χ2n) is 9.65. The molecule has 3 aromatic carbocycles. The minimum atomic E-state index is 0. The van der Waals surface area contributed by atoms with Crippen LogP contribution in [0.5, 0.6) is 23.0 Å². The van der Waals surface area contributed by atoms with E-state index in [0.29, 0.717) is 12.1 Å². The molecule has 0 fully saturated rings. The van der Waals surface area contributed by atoms with Crippen LogP contribution in [0.15, 0.2) is 66.7 Å². The van der Waals surface area contributed by atoms with Crippen molar-refractivity contribution in [2.24, 2.45) is 0 Å². The van der Waals surface area contributed by atoms with Crippen LogP contribution >= 0.6 is 12.4 Å². The number of ether oxygens (including phenoxy) is 4. The van der Waals surface area contributed by atoms with E-state index >= 15 is 0 Å². The van der Waals surface area contributed by atoms with Crippen LogP contribution in [0, 0.1) is 0 Å². The molecule has 0 aliphatic heterocycles. The zero-order chi connectivity index (χ0) is 26.6. The third-order valence-corrected chi connectivity index (χ3v) is 7.26. The highest BCUT2D eigenvalue weighted by molar-refractivity contribution is 5.85. The summed E-state index contributed by atoms with van der Waals surface area (Å²) in [6.45, 7) is 5.72. The summed E-state index contributed by atoms with van der Waals surface area (Å²) in [5.41, 5.74) is 3.95. The molecule has 0 aliphatic rings. The number of aryl methyl sites for hydroxylation is 2. The minimum absolute atomic E-state index is 0. The Morgan fingerprint density at radius 2 is 1.00 bits per heavy atom. The van der Waals surface area contributed by atoms with Crippen molar-refractivity contribution in [3.8, 4) is 23.0 Å². The number of halogens is 1. The van der Waals surface area contributed by atoms with Gasteiger partial charge in [0.05, 0.1) is 28.4 Å². The van der Waals surface area contributed by atoms with Crippen LogP contribution in [0.3, 0.4) is 0 Å². The quantitative estimate of drug-likeness (QED) is 0.206. The van der Waals surface area contributed by atoms with Crippen molar-refractivity contribution < 1.29 is 18.9 Å². The fraction of sp³-hybridized carbons (Fsp3) is 0.438. The van der Waals surface area contributed by atoms with Crippen molar-refractivity contribution in [1.82, 2.24) is 4.90 Å². The molecule has 0 N–H and O–H groups in total. The van der Waals surface area contributed by atoms with E-state index in [1.807, 2.05) is 30.3 Å². The SMILES string of the molecule is COc1ccc(CCC(C)N(CCc2ccc(OC)c(OC)c2)C(C)CCc2ccc(OC)cc2)cc1.Cl. The predicted molar refractivity (Wildman–Crippen MR) is 159 cm³/mol. The van der Waals surface area contributed by atoms with Crippen LogP contribution in [0.2, 0.25) is 0 Å². The van der Waals surface area contributed by atoms with E-state index in [4.69, 9.17) is 18.9 Å². The summed E-state index contributed by atoms with van der Waals surface area (Å²) in [5, 5.41) is 0. The van der Waals surface area contributed by atoms with Gasteiger partial charge in [0.25, 0.3) is 0 Å². The molecule has 0 heterocycles. The Labute approximate surface area is 235 Å². The molecule has 5 nitrogen and oxygen atoms in total. The normalized spacial score (nSPS) is 12.4. The van der Waals surface area contributed by atoms with E-state index in [-0.39, 0.29) is 12.4 Å². The maximum Gasteiger partial charge on any atom is 0.160 e. The standard InChI is InChI=1S/C32H43NO4.ClH/c1-24(7-9-26-11-16-29(34-3)17-12-26)33(22-21-28-15-20-31(36-5)32(23-28)37-6)25(2)8-10-27-13-18-30(35-4)19-14-27;/h11-20,23-25H,7-10,21-22H2,1-6H3;1H. The average Bonchev–Trinajstić information content (AvgIpc) is 2.95. The maximum atomic E-state index is 5.53. The molecule has 208 valence electrons. The van der Waals surface area contributed by atoms with Gasteiger partial charge in [0.1, 0.15) is 11.5 Å². The van der Waals surface area contributed by atoms with Crippen molar-refractivity contribution in [3.63, 3.8) is 0 Å². The van der Waals surface area contributed by atoms with Crippen molar-refractivity contribution in [2.75, 3.05) is 35.0 Å². The van der Waals surface area contributed by atoms with E-state index in [9.17, 15) is 0 Å². The fourth-order valence-corrected chi connectivity index (χ4v) is 4.84. The van der Waals surface area contributed by atoms with Crippen LogP contribution in [0.25, 0.3) is 0 Å². The molecule has 0 saturated carbocycles. The summed E-state index contributed by atoms with van der Waals surface area (Å²) in [6.07, 6.45) is 5.25. The highest BCUT2D eigenvalue weighted by atomic mass is 35.5. The van der Waals surface area contributed by atoms with Gasteiger partial charge in [-0.1, -0.05) is 30.3 Å². The Hall–Kier alpha value is -2.89. The molecule has 0 radical (unpaired) electrons. The van der Waals surface area contributed by atoms with Crippen LogP contribution in [0.4, 0.5) is 0 Å². The Morgan fingerprint density at radius 1 is 0.553 bits per heavy atom. The first-order valence-corrected chi connectivity index (χ1v) is 13.2. The third kappa shape index (κ3) is 9.14. The molecule has 3 aromatic rings. The van der Waals surface area contributed by atoms with E-state index in [2.05, 4.69) is 55.1 Å². The van der Waals surface area contributed by atoms with Crippen molar-refractivity contribution in [3.05, 3.63) is 83.4 Å². The lowest BCUT2D eigenvalue weighted by atomic mass is 9.99. The summed E-state index contributed by atoms with van der Waals surface area (Å²) in [7, 11) is 6.78. The Bertz CT molecular complexity index is 1010. The molecular formula is C32H44ClNO4. The average molecular weight is 542 g/mol. The van der Waals surface area contributed by atoms with Crippen molar-refractivity contribution in [1.29, 1.82) is 0 Å². The summed E-state index contributed by atoms with van der Waals surface area (Å²) >= 11 is 0. The zero-order valence-corrected chi connectivity index (χ0v) is 24.6. The van der Waals surface area contributed by atoms with Gasteiger partial charge < -0.3 is 18.9 Å². The van der Waals surface area contributed by atoms with E-state index in [1.165, 1.54) is 16.7 Å². The molecule has 0 saturated heterocycles. The monoisotopic (exact) mass is 541 g/mol. The number of hydrogen-bond donors (Lipinski definition) is 0. The number of benzene rings is 3. The molecule has 3 rings (SSSR count). The van der Waals surface area contributed by atoms with Gasteiger partial charge in [0, 0.05) is 18.6 Å². The number of methoxy groups -OCH3 is 4. The Kier molecular flexibility index (Phi) is 13.3. The second-order valence-corrected chi connectivity index (χ2v) is 9.65. The fourth-order valence-electron chi connectivity index (χ4n) is 4.84. The highest BCUT2D eigenvalue weighted by Gasteiger charge is 2.20. The van der Waals surface area contributed by atoms with E-state index in [0.717, 1.165) is 61.6 Å². The Balaban J connectivity index is 0.00000507. The first-order chi connectivity index (χ1) is 18.0. The summed E-state index contributed by atoms with van der Waals surface area (Å²) in [5.74, 6) is 3.36. The van der Waals surface area contributed by atoms with Crippen molar-refractivity contribution in [2.45, 2.75) is 58.0 Å². The molecule has 38 heavy (non-hydrogen) atoms. The van der Waals surface area contributed by atoms with Gasteiger partial charge in [-0.05, 0) is 99.0 Å². The first-order valence-electron chi connectivity index (χ1n) is 13.2. The second kappa shape index (κ2) is 16.2. The van der Waals surface area contributed by atoms with E-state index in [1.54, 1.807) is 28.4 Å². The molecule has 2 atom stereocenters. The topological polar surface area (TPSA) is 40.2 Å². The predicted octanol–water partition coefficient (Wildman–Crippen LogP) is 7.03. The highest BCUT2D eigenvalue weighted by Crippen LogP contribution is 2.28.